The van der Waals surface area contributed by atoms with Gasteiger partial charge < -0.3 is 14.4 Å². The second-order valence-electron chi connectivity index (χ2n) is 6.93. The molecule has 7 heteroatoms. The first-order chi connectivity index (χ1) is 13.1. The molecule has 7 nitrogen and oxygen atoms in total. The number of carbonyl (C=O) groups excluding carboxylic acids is 2. The second-order valence-corrected chi connectivity index (χ2v) is 6.93. The Hall–Kier alpha value is -2.83. The molecule has 0 radical (unpaired) electrons. The predicted molar refractivity (Wildman–Crippen MR) is 98.2 cm³/mol. The van der Waals surface area contributed by atoms with Crippen molar-refractivity contribution in [2.45, 2.75) is 26.4 Å². The maximum atomic E-state index is 13.2. The zero-order valence-electron chi connectivity index (χ0n) is 15.6. The number of likely N-dealkylation sites (tertiary alicyclic amines) is 1. The third-order valence-corrected chi connectivity index (χ3v) is 5.19. The Morgan fingerprint density at radius 1 is 1.33 bits per heavy atom. The van der Waals surface area contributed by atoms with E-state index in [4.69, 9.17) is 9.47 Å². The SMILES string of the molecule is CCOC(=O)[C@@H]1CCCN(C(=O)c2nn(C)c3c2COc2ccccc2-3)C1. The molecule has 1 aromatic heterocycles. The molecule has 0 N–H and O–H groups in total. The van der Waals surface area contributed by atoms with Crippen molar-refractivity contribution in [1.82, 2.24) is 14.7 Å². The van der Waals surface area contributed by atoms with Crippen LogP contribution in [0.15, 0.2) is 24.3 Å². The lowest BCUT2D eigenvalue weighted by atomic mass is 9.97. The lowest BCUT2D eigenvalue weighted by Gasteiger charge is -2.31. The number of hydrogen-bond acceptors (Lipinski definition) is 5. The summed E-state index contributed by atoms with van der Waals surface area (Å²) in [7, 11) is 1.84. The van der Waals surface area contributed by atoms with Gasteiger partial charge in [-0.25, -0.2) is 0 Å². The molecule has 1 fully saturated rings. The molecule has 2 aliphatic rings. The van der Waals surface area contributed by atoms with E-state index in [0.29, 0.717) is 32.0 Å². The number of fused-ring (bicyclic) bond motifs is 3. The molecule has 1 aromatic carbocycles. The number of benzene rings is 1. The molecule has 0 aliphatic carbocycles. The number of amides is 1. The number of aromatic nitrogens is 2. The first-order valence-electron chi connectivity index (χ1n) is 9.34. The summed E-state index contributed by atoms with van der Waals surface area (Å²) >= 11 is 0. The first kappa shape index (κ1) is 17.6. The standard InChI is InChI=1S/C20H23N3O4/c1-3-26-20(25)13-7-6-10-23(11-13)19(24)17-15-12-27-16-9-5-4-8-14(16)18(15)22(2)21-17/h4-5,8-9,13H,3,6-7,10-12H2,1-2H3/t13-/m1/s1. The molecule has 27 heavy (non-hydrogen) atoms. The van der Waals surface area contributed by atoms with Crippen LogP contribution < -0.4 is 4.74 Å². The summed E-state index contributed by atoms with van der Waals surface area (Å²) in [4.78, 5) is 27.0. The average Bonchev–Trinajstić information content (AvgIpc) is 3.05. The molecule has 0 unspecified atom stereocenters. The Morgan fingerprint density at radius 3 is 2.96 bits per heavy atom. The number of rotatable bonds is 3. The number of para-hydroxylation sites is 1. The number of esters is 1. The minimum Gasteiger partial charge on any atom is -0.488 e. The molecule has 0 bridgehead atoms. The van der Waals surface area contributed by atoms with Crippen molar-refractivity contribution in [2.75, 3.05) is 19.7 Å². The minimum absolute atomic E-state index is 0.149. The van der Waals surface area contributed by atoms with E-state index in [1.165, 1.54) is 0 Å². The third kappa shape index (κ3) is 3.07. The van der Waals surface area contributed by atoms with E-state index in [2.05, 4.69) is 5.10 Å². The summed E-state index contributed by atoms with van der Waals surface area (Å²) in [5.74, 6) is 0.158. The van der Waals surface area contributed by atoms with E-state index < -0.39 is 0 Å². The Morgan fingerprint density at radius 2 is 2.15 bits per heavy atom. The van der Waals surface area contributed by atoms with E-state index in [-0.39, 0.29) is 17.8 Å². The quantitative estimate of drug-likeness (QED) is 0.777. The molecule has 142 valence electrons. The van der Waals surface area contributed by atoms with Crippen molar-refractivity contribution >= 4 is 11.9 Å². The van der Waals surface area contributed by atoms with E-state index >= 15 is 0 Å². The van der Waals surface area contributed by atoms with Crippen molar-refractivity contribution in [1.29, 1.82) is 0 Å². The van der Waals surface area contributed by atoms with Crippen LogP contribution in [0.5, 0.6) is 5.75 Å². The highest BCUT2D eigenvalue weighted by atomic mass is 16.5. The molecule has 3 heterocycles. The summed E-state index contributed by atoms with van der Waals surface area (Å²) in [5, 5.41) is 4.50. The van der Waals surface area contributed by atoms with Crippen molar-refractivity contribution in [3.05, 3.63) is 35.5 Å². The van der Waals surface area contributed by atoms with Gasteiger partial charge in [-0.2, -0.15) is 5.10 Å². The molecule has 0 saturated carbocycles. The van der Waals surface area contributed by atoms with Gasteiger partial charge in [0.2, 0.25) is 0 Å². The number of hydrogen-bond donors (Lipinski definition) is 0. The predicted octanol–water partition coefficient (Wildman–Crippen LogP) is 2.39. The summed E-state index contributed by atoms with van der Waals surface area (Å²) in [5.41, 5.74) is 3.07. The zero-order chi connectivity index (χ0) is 19.0. The highest BCUT2D eigenvalue weighted by Gasteiger charge is 2.34. The molecule has 2 aliphatic heterocycles. The van der Waals surface area contributed by atoms with E-state index in [0.717, 1.165) is 35.4 Å². The summed E-state index contributed by atoms with van der Waals surface area (Å²) in [6.45, 7) is 3.46. The molecular formula is C20H23N3O4. The smallest absolute Gasteiger partial charge is 0.310 e. The number of aryl methyl sites for hydroxylation is 1. The fourth-order valence-electron chi connectivity index (χ4n) is 3.92. The van der Waals surface area contributed by atoms with Crippen LogP contribution >= 0.6 is 0 Å². The maximum absolute atomic E-state index is 13.2. The molecular weight excluding hydrogens is 346 g/mol. The van der Waals surface area contributed by atoms with E-state index in [1.54, 1.807) is 16.5 Å². The van der Waals surface area contributed by atoms with Gasteiger partial charge in [-0.15, -0.1) is 0 Å². The molecule has 1 saturated heterocycles. The van der Waals surface area contributed by atoms with Crippen LogP contribution in [-0.4, -0.2) is 46.3 Å². The lowest BCUT2D eigenvalue weighted by molar-refractivity contribution is -0.149. The van der Waals surface area contributed by atoms with Crippen molar-refractivity contribution in [3.8, 4) is 17.0 Å². The summed E-state index contributed by atoms with van der Waals surface area (Å²) in [6, 6.07) is 7.76. The molecule has 4 rings (SSSR count). The van der Waals surface area contributed by atoms with Gasteiger partial charge in [0.25, 0.3) is 5.91 Å². The molecule has 0 spiro atoms. The lowest BCUT2D eigenvalue weighted by Crippen LogP contribution is -2.43. The Labute approximate surface area is 157 Å². The van der Waals surface area contributed by atoms with Gasteiger partial charge in [0.1, 0.15) is 12.4 Å². The van der Waals surface area contributed by atoms with Crippen molar-refractivity contribution < 1.29 is 19.1 Å². The van der Waals surface area contributed by atoms with Gasteiger partial charge in [-0.3, -0.25) is 14.3 Å². The van der Waals surface area contributed by atoms with Crippen LogP contribution in [0.3, 0.4) is 0 Å². The minimum atomic E-state index is -0.265. The first-order valence-corrected chi connectivity index (χ1v) is 9.34. The summed E-state index contributed by atoms with van der Waals surface area (Å²) < 4.78 is 12.7. The highest BCUT2D eigenvalue weighted by Crippen LogP contribution is 2.38. The van der Waals surface area contributed by atoms with Crippen molar-refractivity contribution in [3.63, 3.8) is 0 Å². The number of piperidine rings is 1. The second kappa shape index (κ2) is 7.06. The molecule has 1 amide bonds. The van der Waals surface area contributed by atoms with E-state index in [1.807, 2.05) is 31.3 Å². The highest BCUT2D eigenvalue weighted by molar-refractivity contribution is 5.96. The third-order valence-electron chi connectivity index (χ3n) is 5.19. The maximum Gasteiger partial charge on any atom is 0.310 e. The van der Waals surface area contributed by atoms with Gasteiger partial charge >= 0.3 is 5.97 Å². The number of carbonyl (C=O) groups is 2. The average molecular weight is 369 g/mol. The molecule has 2 aromatic rings. The monoisotopic (exact) mass is 369 g/mol. The zero-order valence-corrected chi connectivity index (χ0v) is 15.6. The normalized spacial score (nSPS) is 18.3. The van der Waals surface area contributed by atoms with E-state index in [9.17, 15) is 9.59 Å². The summed E-state index contributed by atoms with van der Waals surface area (Å²) in [6.07, 6.45) is 1.53. The largest absolute Gasteiger partial charge is 0.488 e. The van der Waals surface area contributed by atoms with Crippen molar-refractivity contribution in [2.24, 2.45) is 13.0 Å². The van der Waals surface area contributed by atoms with Crippen LogP contribution in [0.1, 0.15) is 35.8 Å². The fraction of sp³-hybridized carbons (Fsp3) is 0.450. The van der Waals surface area contributed by atoms with Gasteiger partial charge in [0, 0.05) is 31.3 Å². The van der Waals surface area contributed by atoms with Crippen LogP contribution in [-0.2, 0) is 23.2 Å². The fourth-order valence-corrected chi connectivity index (χ4v) is 3.92. The van der Waals surface area contributed by atoms with Crippen LogP contribution in [0, 0.1) is 5.92 Å². The van der Waals surface area contributed by atoms with Gasteiger partial charge in [0.15, 0.2) is 5.69 Å². The van der Waals surface area contributed by atoms with Crippen LogP contribution in [0.4, 0.5) is 0 Å². The number of ether oxygens (including phenoxy) is 2. The van der Waals surface area contributed by atoms with Gasteiger partial charge in [0.05, 0.1) is 18.2 Å². The Balaban J connectivity index is 1.62. The Bertz CT molecular complexity index is 889. The van der Waals surface area contributed by atoms with Crippen LogP contribution in [0.2, 0.25) is 0 Å². The Kier molecular flexibility index (Phi) is 4.59. The molecule has 1 atom stereocenters. The van der Waals surface area contributed by atoms with Crippen LogP contribution in [0.25, 0.3) is 11.3 Å². The topological polar surface area (TPSA) is 73.7 Å². The van der Waals surface area contributed by atoms with Gasteiger partial charge in [-0.05, 0) is 31.9 Å². The van der Waals surface area contributed by atoms with Gasteiger partial charge in [-0.1, -0.05) is 12.1 Å². The number of nitrogens with zero attached hydrogens (tertiary/aromatic N) is 3.